The molecule has 0 saturated heterocycles. The first-order valence-electron chi connectivity index (χ1n) is 6.75. The lowest BCUT2D eigenvalue weighted by Gasteiger charge is -2.40. The predicted octanol–water partition coefficient (Wildman–Crippen LogP) is 3.74. The van der Waals surface area contributed by atoms with Crippen molar-refractivity contribution in [3.8, 4) is 0 Å². The lowest BCUT2D eigenvalue weighted by Crippen LogP contribution is -2.46. The second-order valence-electron chi connectivity index (χ2n) is 6.58. The summed E-state index contributed by atoms with van der Waals surface area (Å²) in [5.41, 5.74) is 0.669. The molecule has 4 aliphatic rings. The molecule has 2 heteroatoms. The Balaban J connectivity index is 1.95. The van der Waals surface area contributed by atoms with Crippen LogP contribution < -0.4 is 0 Å². The van der Waals surface area contributed by atoms with Crippen LogP contribution in [0, 0.1) is 17.3 Å². The number of nitrogens with zero attached hydrogens (tertiary/aromatic N) is 2. The van der Waals surface area contributed by atoms with Gasteiger partial charge in [0, 0.05) is 11.3 Å². The van der Waals surface area contributed by atoms with Crippen molar-refractivity contribution in [3.63, 3.8) is 0 Å². The predicted molar refractivity (Wildman–Crippen MR) is 63.3 cm³/mol. The Morgan fingerprint density at radius 3 is 2.44 bits per heavy atom. The van der Waals surface area contributed by atoms with E-state index < -0.39 is 0 Å². The van der Waals surface area contributed by atoms with E-state index in [0.29, 0.717) is 11.3 Å². The van der Waals surface area contributed by atoms with Gasteiger partial charge in [-0.1, -0.05) is 25.0 Å². The highest BCUT2D eigenvalue weighted by atomic mass is 15.3. The largest absolute Gasteiger partial charge is 0.186 e. The van der Waals surface area contributed by atoms with E-state index in [1.54, 1.807) is 0 Å². The molecule has 0 amide bonds. The van der Waals surface area contributed by atoms with E-state index in [4.69, 9.17) is 10.2 Å². The monoisotopic (exact) mass is 216 g/mol. The van der Waals surface area contributed by atoms with E-state index in [1.165, 1.54) is 32.1 Å². The Hall–Kier alpha value is -0.660. The summed E-state index contributed by atoms with van der Waals surface area (Å²) in [5, 5.41) is 9.53. The molecule has 1 heterocycles. The average molecular weight is 216 g/mol. The van der Waals surface area contributed by atoms with Crippen LogP contribution in [0.2, 0.25) is 0 Å². The number of allylic oxidation sites excluding steroid dienone is 1. The third-order valence-corrected chi connectivity index (χ3v) is 6.40. The maximum atomic E-state index is 4.77. The lowest BCUT2D eigenvalue weighted by atomic mass is 9.63. The molecule has 2 fully saturated rings. The maximum Gasteiger partial charge on any atom is 0.0933 e. The molecular formula is C14H20N2. The Morgan fingerprint density at radius 1 is 1.06 bits per heavy atom. The zero-order chi connectivity index (χ0) is 11.0. The molecule has 4 atom stereocenters. The number of azo groups is 1. The minimum atomic E-state index is 0.121. The highest BCUT2D eigenvalue weighted by Crippen LogP contribution is 2.73. The van der Waals surface area contributed by atoms with Gasteiger partial charge in [0.1, 0.15) is 0 Å². The molecule has 2 nitrogen and oxygen atoms in total. The molecule has 86 valence electrons. The summed E-state index contributed by atoms with van der Waals surface area (Å²) in [6.45, 7) is 4.78. The fourth-order valence-electron chi connectivity index (χ4n) is 5.53. The van der Waals surface area contributed by atoms with Gasteiger partial charge in [0.25, 0.3) is 0 Å². The van der Waals surface area contributed by atoms with Crippen molar-refractivity contribution >= 4 is 0 Å². The number of rotatable bonds is 0. The van der Waals surface area contributed by atoms with Gasteiger partial charge in [-0.05, 0) is 39.0 Å². The molecule has 2 saturated carbocycles. The summed E-state index contributed by atoms with van der Waals surface area (Å²) in [4.78, 5) is 0. The van der Waals surface area contributed by atoms with E-state index >= 15 is 0 Å². The topological polar surface area (TPSA) is 24.7 Å². The number of fused-ring (bicyclic) bond motifs is 3. The average Bonchev–Trinajstić information content (AvgIpc) is 2.96. The van der Waals surface area contributed by atoms with Crippen LogP contribution in [0.4, 0.5) is 0 Å². The van der Waals surface area contributed by atoms with Crippen LogP contribution in [0.3, 0.4) is 0 Å². The van der Waals surface area contributed by atoms with Gasteiger partial charge in [-0.2, -0.15) is 10.2 Å². The third kappa shape index (κ3) is 0.663. The summed E-state index contributed by atoms with van der Waals surface area (Å²) in [5.74, 6) is 1.42. The Morgan fingerprint density at radius 2 is 1.75 bits per heavy atom. The molecule has 0 radical (unpaired) electrons. The zero-order valence-corrected chi connectivity index (χ0v) is 10.2. The SMILES string of the molecule is CC12N=NC(C)(C3CC=CC31)C21CCCC1. The zero-order valence-electron chi connectivity index (χ0n) is 10.2. The highest BCUT2D eigenvalue weighted by molar-refractivity contribution is 5.35. The Kier molecular flexibility index (Phi) is 1.43. The first-order chi connectivity index (χ1) is 7.64. The first-order valence-corrected chi connectivity index (χ1v) is 6.75. The van der Waals surface area contributed by atoms with Gasteiger partial charge >= 0.3 is 0 Å². The Bertz CT molecular complexity index is 405. The molecule has 3 aliphatic carbocycles. The third-order valence-electron chi connectivity index (χ3n) is 6.40. The summed E-state index contributed by atoms with van der Waals surface area (Å²) in [6, 6.07) is 0. The quantitative estimate of drug-likeness (QED) is 0.551. The second-order valence-corrected chi connectivity index (χ2v) is 6.58. The van der Waals surface area contributed by atoms with Crippen LogP contribution in [0.15, 0.2) is 22.4 Å². The minimum absolute atomic E-state index is 0.121. The van der Waals surface area contributed by atoms with Gasteiger partial charge in [0.15, 0.2) is 0 Å². The molecule has 0 aromatic heterocycles. The van der Waals surface area contributed by atoms with Crippen LogP contribution in [-0.4, -0.2) is 11.1 Å². The maximum absolute atomic E-state index is 4.77. The van der Waals surface area contributed by atoms with Gasteiger partial charge < -0.3 is 0 Å². The van der Waals surface area contributed by atoms with Crippen molar-refractivity contribution < 1.29 is 0 Å². The summed E-state index contributed by atoms with van der Waals surface area (Å²) >= 11 is 0. The van der Waals surface area contributed by atoms with Crippen molar-refractivity contribution in [1.82, 2.24) is 0 Å². The van der Waals surface area contributed by atoms with Crippen molar-refractivity contribution in [3.05, 3.63) is 12.2 Å². The molecule has 0 N–H and O–H groups in total. The molecule has 0 aromatic rings. The summed E-state index contributed by atoms with van der Waals surface area (Å²) in [6.07, 6.45) is 11.5. The lowest BCUT2D eigenvalue weighted by molar-refractivity contribution is 0.132. The van der Waals surface area contributed by atoms with Gasteiger partial charge in [0.2, 0.25) is 0 Å². The highest BCUT2D eigenvalue weighted by Gasteiger charge is 2.76. The molecule has 16 heavy (non-hydrogen) atoms. The second kappa shape index (κ2) is 2.44. The normalized spacial score (nSPS) is 55.4. The molecular weight excluding hydrogens is 196 g/mol. The Labute approximate surface area is 97.2 Å². The van der Waals surface area contributed by atoms with Crippen molar-refractivity contribution in [2.45, 2.75) is 57.0 Å². The van der Waals surface area contributed by atoms with Crippen LogP contribution in [0.25, 0.3) is 0 Å². The molecule has 4 rings (SSSR count). The van der Waals surface area contributed by atoms with Gasteiger partial charge in [0.05, 0.1) is 11.1 Å². The summed E-state index contributed by atoms with van der Waals surface area (Å²) < 4.78 is 0. The van der Waals surface area contributed by atoms with Gasteiger partial charge in [-0.25, -0.2) is 0 Å². The molecule has 4 unspecified atom stereocenters. The number of hydrogen-bond donors (Lipinski definition) is 0. The fourth-order valence-corrected chi connectivity index (χ4v) is 5.53. The van der Waals surface area contributed by atoms with E-state index in [-0.39, 0.29) is 11.1 Å². The van der Waals surface area contributed by atoms with E-state index in [1.807, 2.05) is 0 Å². The molecule has 2 bridgehead atoms. The number of hydrogen-bond acceptors (Lipinski definition) is 2. The smallest absolute Gasteiger partial charge is 0.0933 e. The summed E-state index contributed by atoms with van der Waals surface area (Å²) in [7, 11) is 0. The van der Waals surface area contributed by atoms with Crippen molar-refractivity contribution in [1.29, 1.82) is 0 Å². The van der Waals surface area contributed by atoms with Crippen molar-refractivity contribution in [2.75, 3.05) is 0 Å². The van der Waals surface area contributed by atoms with Crippen LogP contribution >= 0.6 is 0 Å². The molecule has 1 aliphatic heterocycles. The minimum Gasteiger partial charge on any atom is -0.186 e. The van der Waals surface area contributed by atoms with E-state index in [9.17, 15) is 0 Å². The fraction of sp³-hybridized carbons (Fsp3) is 0.857. The molecule has 1 spiro atoms. The van der Waals surface area contributed by atoms with Gasteiger partial charge in [-0.3, -0.25) is 0 Å². The van der Waals surface area contributed by atoms with Gasteiger partial charge in [-0.15, -0.1) is 0 Å². The van der Waals surface area contributed by atoms with Crippen LogP contribution in [0.5, 0.6) is 0 Å². The van der Waals surface area contributed by atoms with Crippen molar-refractivity contribution in [2.24, 2.45) is 27.5 Å². The molecule has 0 aromatic carbocycles. The van der Waals surface area contributed by atoms with Crippen LogP contribution in [-0.2, 0) is 0 Å². The standard InChI is InChI=1S/C14H20N2/c1-12-10-6-5-7-11(10)13(2,16-15-12)14(12)8-3-4-9-14/h5-6,10-11H,3-4,7-9H2,1-2H3. The van der Waals surface area contributed by atoms with E-state index in [0.717, 1.165) is 5.92 Å². The van der Waals surface area contributed by atoms with Crippen LogP contribution in [0.1, 0.15) is 46.0 Å². The van der Waals surface area contributed by atoms with E-state index in [2.05, 4.69) is 26.0 Å². The first kappa shape index (κ1) is 9.38.